The van der Waals surface area contributed by atoms with Gasteiger partial charge in [0, 0.05) is 35.8 Å². The van der Waals surface area contributed by atoms with Crippen molar-refractivity contribution >= 4 is 27.9 Å². The summed E-state index contributed by atoms with van der Waals surface area (Å²) in [6, 6.07) is 7.28. The van der Waals surface area contributed by atoms with Crippen molar-refractivity contribution in [1.82, 2.24) is 9.88 Å². The number of aromatic nitrogens is 1. The highest BCUT2D eigenvalue weighted by Crippen LogP contribution is 2.18. The van der Waals surface area contributed by atoms with Gasteiger partial charge in [0.15, 0.2) is 0 Å². The second-order valence-electron chi connectivity index (χ2n) is 4.98. The van der Waals surface area contributed by atoms with E-state index in [0.717, 1.165) is 10.9 Å². The molecule has 1 aliphatic rings. The van der Waals surface area contributed by atoms with E-state index >= 15 is 0 Å². The second kappa shape index (κ2) is 6.79. The molecule has 3 rings (SSSR count). The van der Waals surface area contributed by atoms with E-state index in [4.69, 9.17) is 9.15 Å². The maximum atomic E-state index is 12.1. The van der Waals surface area contributed by atoms with Crippen molar-refractivity contribution in [3.63, 3.8) is 0 Å². The fourth-order valence-corrected chi connectivity index (χ4v) is 2.51. The first-order valence-corrected chi connectivity index (χ1v) is 7.79. The van der Waals surface area contributed by atoms with E-state index in [-0.39, 0.29) is 12.0 Å². The Morgan fingerprint density at radius 1 is 1.45 bits per heavy atom. The molecule has 1 atom stereocenters. The molecule has 0 radical (unpaired) electrons. The molecule has 114 valence electrons. The van der Waals surface area contributed by atoms with E-state index in [1.54, 1.807) is 35.6 Å². The van der Waals surface area contributed by atoms with Crippen LogP contribution in [0.1, 0.15) is 12.2 Å². The Bertz CT molecular complexity index is 653. The van der Waals surface area contributed by atoms with Gasteiger partial charge in [0.2, 0.25) is 11.8 Å². The summed E-state index contributed by atoms with van der Waals surface area (Å²) in [7, 11) is 0. The van der Waals surface area contributed by atoms with Crippen LogP contribution in [0.5, 0.6) is 5.88 Å². The third-order valence-electron chi connectivity index (χ3n) is 3.38. The summed E-state index contributed by atoms with van der Waals surface area (Å²) >= 11 is 3.33. The minimum atomic E-state index is -0.0359. The predicted octanol–water partition coefficient (Wildman–Crippen LogP) is 3.13. The topological polar surface area (TPSA) is 55.6 Å². The minimum absolute atomic E-state index is 0.0189. The fourth-order valence-electron chi connectivity index (χ4n) is 2.27. The van der Waals surface area contributed by atoms with Gasteiger partial charge in [-0.1, -0.05) is 0 Å². The van der Waals surface area contributed by atoms with Crippen molar-refractivity contribution < 1.29 is 13.9 Å². The zero-order valence-electron chi connectivity index (χ0n) is 11.8. The van der Waals surface area contributed by atoms with E-state index in [9.17, 15) is 4.79 Å². The first-order chi connectivity index (χ1) is 10.7. The van der Waals surface area contributed by atoms with Crippen molar-refractivity contribution in [1.29, 1.82) is 0 Å². The van der Waals surface area contributed by atoms with E-state index in [2.05, 4.69) is 20.9 Å². The van der Waals surface area contributed by atoms with Crippen LogP contribution in [0.25, 0.3) is 6.08 Å². The molecule has 1 fully saturated rings. The minimum Gasteiger partial charge on any atom is -0.472 e. The molecule has 0 aromatic carbocycles. The average molecular weight is 363 g/mol. The molecule has 0 N–H and O–H groups in total. The Labute approximate surface area is 136 Å². The van der Waals surface area contributed by atoms with Gasteiger partial charge in [-0.05, 0) is 40.2 Å². The van der Waals surface area contributed by atoms with Crippen molar-refractivity contribution in [3.05, 3.63) is 53.0 Å². The molecular formula is C16H15BrN2O3. The average Bonchev–Trinajstić information content (AvgIpc) is 3.19. The highest BCUT2D eigenvalue weighted by atomic mass is 79.9. The van der Waals surface area contributed by atoms with Crippen LogP contribution in [-0.4, -0.2) is 35.0 Å². The molecule has 3 heterocycles. The molecule has 1 amide bonds. The number of ether oxygens (including phenoxy) is 1. The largest absolute Gasteiger partial charge is 0.472 e. The lowest BCUT2D eigenvalue weighted by atomic mass is 10.3. The number of halogens is 1. The number of carbonyl (C=O) groups is 1. The Morgan fingerprint density at radius 2 is 2.36 bits per heavy atom. The maximum Gasteiger partial charge on any atom is 0.246 e. The van der Waals surface area contributed by atoms with Crippen LogP contribution in [0.4, 0.5) is 0 Å². The normalized spacial score (nSPS) is 18.0. The molecule has 0 saturated carbocycles. The number of furan rings is 1. The molecule has 0 spiro atoms. The summed E-state index contributed by atoms with van der Waals surface area (Å²) in [5.41, 5.74) is 0. The van der Waals surface area contributed by atoms with Gasteiger partial charge in [0.1, 0.15) is 11.9 Å². The number of pyridine rings is 1. The number of amides is 1. The standard InChI is InChI=1S/C16H15BrN2O3/c17-12-3-5-15(18-10-12)22-14-7-8-19(11-14)16(20)6-4-13-2-1-9-21-13/h1-6,9-10,14H,7-8,11H2. The van der Waals surface area contributed by atoms with E-state index in [1.807, 2.05) is 12.1 Å². The second-order valence-corrected chi connectivity index (χ2v) is 5.89. The van der Waals surface area contributed by atoms with Gasteiger partial charge in [-0.2, -0.15) is 0 Å². The number of likely N-dealkylation sites (tertiary alicyclic amines) is 1. The molecule has 1 saturated heterocycles. The van der Waals surface area contributed by atoms with Gasteiger partial charge >= 0.3 is 0 Å². The van der Waals surface area contributed by atoms with Crippen LogP contribution in [-0.2, 0) is 4.79 Å². The van der Waals surface area contributed by atoms with Crippen LogP contribution in [0.3, 0.4) is 0 Å². The monoisotopic (exact) mass is 362 g/mol. The maximum absolute atomic E-state index is 12.1. The molecule has 6 heteroatoms. The summed E-state index contributed by atoms with van der Waals surface area (Å²) < 4.78 is 11.9. The van der Waals surface area contributed by atoms with Gasteiger partial charge < -0.3 is 14.1 Å². The fraction of sp³-hybridized carbons (Fsp3) is 0.250. The quantitative estimate of drug-likeness (QED) is 0.784. The highest BCUT2D eigenvalue weighted by Gasteiger charge is 2.26. The molecule has 22 heavy (non-hydrogen) atoms. The number of carbonyl (C=O) groups excluding carboxylic acids is 1. The van der Waals surface area contributed by atoms with Crippen molar-refractivity contribution in [2.75, 3.05) is 13.1 Å². The summed E-state index contributed by atoms with van der Waals surface area (Å²) in [5, 5.41) is 0. The third kappa shape index (κ3) is 3.76. The zero-order chi connectivity index (χ0) is 15.4. The van der Waals surface area contributed by atoms with Crippen molar-refractivity contribution in [2.24, 2.45) is 0 Å². The van der Waals surface area contributed by atoms with Crippen LogP contribution < -0.4 is 4.74 Å². The van der Waals surface area contributed by atoms with Gasteiger partial charge in [0.25, 0.3) is 0 Å². The molecule has 5 nitrogen and oxygen atoms in total. The van der Waals surface area contributed by atoms with E-state index < -0.39 is 0 Å². The molecule has 2 aromatic rings. The first-order valence-electron chi connectivity index (χ1n) is 6.99. The Hall–Kier alpha value is -2.08. The Morgan fingerprint density at radius 3 is 3.09 bits per heavy atom. The lowest BCUT2D eigenvalue weighted by Crippen LogP contribution is -2.29. The lowest BCUT2D eigenvalue weighted by Gasteiger charge is -2.15. The van der Waals surface area contributed by atoms with E-state index in [1.165, 1.54) is 6.08 Å². The summed E-state index contributed by atoms with van der Waals surface area (Å²) in [4.78, 5) is 18.1. The molecule has 2 aromatic heterocycles. The van der Waals surface area contributed by atoms with Gasteiger partial charge in [-0.15, -0.1) is 0 Å². The van der Waals surface area contributed by atoms with Crippen LogP contribution in [0.15, 0.2) is 51.7 Å². The van der Waals surface area contributed by atoms with Gasteiger partial charge in [-0.25, -0.2) is 4.98 Å². The Balaban J connectivity index is 1.53. The first kappa shape index (κ1) is 14.8. The number of hydrogen-bond acceptors (Lipinski definition) is 4. The van der Waals surface area contributed by atoms with Gasteiger partial charge in [-0.3, -0.25) is 4.79 Å². The molecule has 0 bridgehead atoms. The number of hydrogen-bond donors (Lipinski definition) is 0. The molecule has 1 unspecified atom stereocenters. The Kier molecular flexibility index (Phi) is 4.58. The molecular weight excluding hydrogens is 348 g/mol. The molecule has 0 aliphatic carbocycles. The smallest absolute Gasteiger partial charge is 0.246 e. The molecule has 1 aliphatic heterocycles. The number of rotatable bonds is 4. The van der Waals surface area contributed by atoms with Gasteiger partial charge in [0.05, 0.1) is 12.8 Å². The van der Waals surface area contributed by atoms with Crippen LogP contribution in [0.2, 0.25) is 0 Å². The van der Waals surface area contributed by atoms with Crippen LogP contribution >= 0.6 is 15.9 Å². The SMILES string of the molecule is O=C(C=Cc1ccco1)N1CCC(Oc2ccc(Br)cn2)C1. The zero-order valence-corrected chi connectivity index (χ0v) is 13.4. The summed E-state index contributed by atoms with van der Waals surface area (Å²) in [5.74, 6) is 1.21. The van der Waals surface area contributed by atoms with Crippen LogP contribution in [0, 0.1) is 0 Å². The predicted molar refractivity (Wildman–Crippen MR) is 85.3 cm³/mol. The summed E-state index contributed by atoms with van der Waals surface area (Å²) in [6.07, 6.45) is 7.26. The number of nitrogens with zero attached hydrogens (tertiary/aromatic N) is 2. The summed E-state index contributed by atoms with van der Waals surface area (Å²) in [6.45, 7) is 1.25. The highest BCUT2D eigenvalue weighted by molar-refractivity contribution is 9.10. The van der Waals surface area contributed by atoms with Crippen molar-refractivity contribution in [2.45, 2.75) is 12.5 Å². The van der Waals surface area contributed by atoms with E-state index in [0.29, 0.717) is 24.7 Å². The lowest BCUT2D eigenvalue weighted by molar-refractivity contribution is -0.125. The van der Waals surface area contributed by atoms with Crippen molar-refractivity contribution in [3.8, 4) is 5.88 Å². The third-order valence-corrected chi connectivity index (χ3v) is 3.85.